The van der Waals surface area contributed by atoms with Gasteiger partial charge >= 0.3 is 0 Å². The monoisotopic (exact) mass is 292 g/mol. The second-order valence-corrected chi connectivity index (χ2v) is 5.29. The van der Waals surface area contributed by atoms with Crippen LogP contribution < -0.4 is 5.73 Å². The molecule has 2 N–H and O–H groups in total. The summed E-state index contributed by atoms with van der Waals surface area (Å²) in [5, 5.41) is 8.22. The van der Waals surface area contributed by atoms with E-state index in [0.717, 1.165) is 30.2 Å². The Morgan fingerprint density at radius 1 is 1.33 bits per heavy atom. The molecule has 1 aliphatic heterocycles. The minimum Gasteiger partial charge on any atom is -0.466 e. The molecule has 1 saturated heterocycles. The van der Waals surface area contributed by atoms with E-state index in [-0.39, 0.29) is 6.10 Å². The second kappa shape index (κ2) is 5.97. The first-order chi connectivity index (χ1) is 10.2. The molecule has 1 atom stereocenters. The Bertz CT molecular complexity index is 607. The molecule has 7 nitrogen and oxygen atoms in total. The van der Waals surface area contributed by atoms with Crippen LogP contribution in [0.1, 0.15) is 17.4 Å². The van der Waals surface area contributed by atoms with Crippen LogP contribution in [-0.2, 0) is 11.3 Å². The van der Waals surface area contributed by atoms with Crippen LogP contribution in [0.15, 0.2) is 14.9 Å². The number of nitrogens with two attached hydrogens (primary N) is 1. The Labute approximate surface area is 123 Å². The van der Waals surface area contributed by atoms with Crippen LogP contribution in [0, 0.1) is 13.8 Å². The van der Waals surface area contributed by atoms with Crippen LogP contribution in [-0.4, -0.2) is 47.4 Å². The van der Waals surface area contributed by atoms with Crippen LogP contribution in [0.25, 0.3) is 11.5 Å². The van der Waals surface area contributed by atoms with Crippen molar-refractivity contribution in [2.45, 2.75) is 26.5 Å². The highest BCUT2D eigenvalue weighted by Crippen LogP contribution is 2.25. The quantitative estimate of drug-likeness (QED) is 0.902. The molecule has 1 unspecified atom stereocenters. The third-order valence-corrected chi connectivity index (χ3v) is 3.58. The Hall–Kier alpha value is -1.70. The number of rotatable bonds is 4. The molecule has 0 bridgehead atoms. The maximum atomic E-state index is 5.74. The topological polar surface area (TPSA) is 90.5 Å². The standard InChI is InChI=1S/C14H20N4O3/c1-9-5-12(10(2)20-9)14-17-16-13(21-14)8-18-3-4-19-11(6-15)7-18/h5,11H,3-4,6-8,15H2,1-2H3. The average molecular weight is 292 g/mol. The molecule has 2 aromatic heterocycles. The third-order valence-electron chi connectivity index (χ3n) is 3.58. The molecule has 0 aliphatic carbocycles. The fraction of sp³-hybridized carbons (Fsp3) is 0.571. The minimum atomic E-state index is 0.0832. The van der Waals surface area contributed by atoms with Gasteiger partial charge < -0.3 is 19.3 Å². The summed E-state index contributed by atoms with van der Waals surface area (Å²) in [7, 11) is 0. The number of ether oxygens (including phenoxy) is 1. The first kappa shape index (κ1) is 14.2. The SMILES string of the molecule is Cc1cc(-c2nnc(CN3CCOC(CN)C3)o2)c(C)o1. The summed E-state index contributed by atoms with van der Waals surface area (Å²) in [5.41, 5.74) is 6.50. The highest BCUT2D eigenvalue weighted by atomic mass is 16.5. The van der Waals surface area contributed by atoms with E-state index in [1.165, 1.54) is 0 Å². The number of furan rings is 1. The van der Waals surface area contributed by atoms with Gasteiger partial charge in [0.05, 0.1) is 24.8 Å². The van der Waals surface area contributed by atoms with Gasteiger partial charge in [-0.3, -0.25) is 4.90 Å². The van der Waals surface area contributed by atoms with E-state index < -0.39 is 0 Å². The van der Waals surface area contributed by atoms with E-state index >= 15 is 0 Å². The van der Waals surface area contributed by atoms with Crippen molar-refractivity contribution >= 4 is 0 Å². The maximum Gasteiger partial charge on any atom is 0.251 e. The Morgan fingerprint density at radius 2 is 2.19 bits per heavy atom. The first-order valence-electron chi connectivity index (χ1n) is 7.09. The van der Waals surface area contributed by atoms with Crippen molar-refractivity contribution in [1.82, 2.24) is 15.1 Å². The normalized spacial score (nSPS) is 20.0. The molecule has 0 saturated carbocycles. The summed E-state index contributed by atoms with van der Waals surface area (Å²) >= 11 is 0. The highest BCUT2D eigenvalue weighted by molar-refractivity contribution is 5.55. The van der Waals surface area contributed by atoms with Crippen LogP contribution >= 0.6 is 0 Å². The molecule has 0 aromatic carbocycles. The van der Waals surface area contributed by atoms with E-state index in [4.69, 9.17) is 19.3 Å². The summed E-state index contributed by atoms with van der Waals surface area (Å²) in [6.07, 6.45) is 0.0832. The highest BCUT2D eigenvalue weighted by Gasteiger charge is 2.22. The fourth-order valence-corrected chi connectivity index (χ4v) is 2.53. The van der Waals surface area contributed by atoms with Gasteiger partial charge in [0.2, 0.25) is 5.89 Å². The molecule has 0 amide bonds. The molecule has 3 heterocycles. The number of aromatic nitrogens is 2. The molecule has 0 spiro atoms. The van der Waals surface area contributed by atoms with Crippen molar-refractivity contribution in [3.05, 3.63) is 23.5 Å². The summed E-state index contributed by atoms with van der Waals surface area (Å²) in [4.78, 5) is 2.21. The maximum absolute atomic E-state index is 5.74. The third kappa shape index (κ3) is 3.15. The molecule has 0 radical (unpaired) electrons. The molecule has 1 aliphatic rings. The average Bonchev–Trinajstić information content (AvgIpc) is 3.05. The van der Waals surface area contributed by atoms with E-state index in [0.29, 0.717) is 31.5 Å². The molecule has 114 valence electrons. The van der Waals surface area contributed by atoms with Gasteiger partial charge in [-0.05, 0) is 19.9 Å². The Kier molecular flexibility index (Phi) is 4.05. The molecule has 21 heavy (non-hydrogen) atoms. The zero-order valence-electron chi connectivity index (χ0n) is 12.3. The lowest BCUT2D eigenvalue weighted by Gasteiger charge is -2.31. The summed E-state index contributed by atoms with van der Waals surface area (Å²) in [6.45, 7) is 7.25. The lowest BCUT2D eigenvalue weighted by Crippen LogP contribution is -2.45. The first-order valence-corrected chi connectivity index (χ1v) is 7.09. The van der Waals surface area contributed by atoms with Crippen molar-refractivity contribution < 1.29 is 13.6 Å². The number of hydrogen-bond donors (Lipinski definition) is 1. The minimum absolute atomic E-state index is 0.0832. The van der Waals surface area contributed by atoms with E-state index in [1.807, 2.05) is 19.9 Å². The lowest BCUT2D eigenvalue weighted by atomic mass is 10.2. The number of aryl methyl sites for hydroxylation is 2. The van der Waals surface area contributed by atoms with E-state index in [2.05, 4.69) is 15.1 Å². The summed E-state index contributed by atoms with van der Waals surface area (Å²) in [5.74, 6) is 2.72. The van der Waals surface area contributed by atoms with Crippen LogP contribution in [0.2, 0.25) is 0 Å². The zero-order chi connectivity index (χ0) is 14.8. The number of morpholine rings is 1. The second-order valence-electron chi connectivity index (χ2n) is 5.29. The van der Waals surface area contributed by atoms with Crippen molar-refractivity contribution in [3.63, 3.8) is 0 Å². The fourth-order valence-electron chi connectivity index (χ4n) is 2.53. The predicted octanol–water partition coefficient (Wildman–Crippen LogP) is 1.11. The van der Waals surface area contributed by atoms with Crippen molar-refractivity contribution in [1.29, 1.82) is 0 Å². The largest absolute Gasteiger partial charge is 0.466 e. The van der Waals surface area contributed by atoms with Gasteiger partial charge in [0.1, 0.15) is 11.5 Å². The van der Waals surface area contributed by atoms with Gasteiger partial charge in [0.25, 0.3) is 5.89 Å². The lowest BCUT2D eigenvalue weighted by molar-refractivity contribution is -0.0283. The van der Waals surface area contributed by atoms with Gasteiger partial charge in [-0.2, -0.15) is 0 Å². The zero-order valence-corrected chi connectivity index (χ0v) is 12.3. The van der Waals surface area contributed by atoms with Gasteiger partial charge in [-0.1, -0.05) is 0 Å². The van der Waals surface area contributed by atoms with Crippen molar-refractivity contribution in [2.75, 3.05) is 26.2 Å². The molecule has 3 rings (SSSR count). The van der Waals surface area contributed by atoms with Gasteiger partial charge in [0, 0.05) is 19.6 Å². The van der Waals surface area contributed by atoms with Crippen LogP contribution in [0.5, 0.6) is 0 Å². The Morgan fingerprint density at radius 3 is 2.90 bits per heavy atom. The van der Waals surface area contributed by atoms with Gasteiger partial charge in [0.15, 0.2) is 0 Å². The smallest absolute Gasteiger partial charge is 0.251 e. The molecule has 1 fully saturated rings. The predicted molar refractivity (Wildman–Crippen MR) is 75.5 cm³/mol. The summed E-state index contributed by atoms with van der Waals surface area (Å²) in [6, 6.07) is 1.91. The van der Waals surface area contributed by atoms with Crippen molar-refractivity contribution in [2.24, 2.45) is 5.73 Å². The van der Waals surface area contributed by atoms with E-state index in [9.17, 15) is 0 Å². The van der Waals surface area contributed by atoms with Crippen molar-refractivity contribution in [3.8, 4) is 11.5 Å². The Balaban J connectivity index is 1.69. The molecular weight excluding hydrogens is 272 g/mol. The van der Waals surface area contributed by atoms with Crippen LogP contribution in [0.3, 0.4) is 0 Å². The summed E-state index contributed by atoms with van der Waals surface area (Å²) < 4.78 is 16.8. The molecular formula is C14H20N4O3. The van der Waals surface area contributed by atoms with Gasteiger partial charge in [-0.15, -0.1) is 10.2 Å². The number of hydrogen-bond acceptors (Lipinski definition) is 7. The van der Waals surface area contributed by atoms with E-state index in [1.54, 1.807) is 0 Å². The molecule has 7 heteroatoms. The number of nitrogens with zero attached hydrogens (tertiary/aromatic N) is 3. The van der Waals surface area contributed by atoms with Crippen LogP contribution in [0.4, 0.5) is 0 Å². The molecule has 2 aromatic rings. The van der Waals surface area contributed by atoms with Gasteiger partial charge in [-0.25, -0.2) is 0 Å².